The first-order valence-corrected chi connectivity index (χ1v) is 14.6. The summed E-state index contributed by atoms with van der Waals surface area (Å²) in [5, 5.41) is 18.3. The number of rotatable bonds is 8. The number of hydrogen-bond donors (Lipinski definition) is 5. The Hall–Kier alpha value is -3.17. The second-order valence-corrected chi connectivity index (χ2v) is 11.4. The van der Waals surface area contributed by atoms with Gasteiger partial charge < -0.3 is 31.2 Å². The maximum Gasteiger partial charge on any atom is 0.253 e. The monoisotopic (exact) mass is 533 g/mol. The average Bonchev–Trinajstić information content (AvgIpc) is 3.45. The molecule has 3 heterocycles. The van der Waals surface area contributed by atoms with Crippen molar-refractivity contribution in [3.63, 3.8) is 0 Å². The van der Waals surface area contributed by atoms with Crippen LogP contribution in [0.4, 0.5) is 11.4 Å². The van der Waals surface area contributed by atoms with Gasteiger partial charge in [-0.25, -0.2) is 0 Å². The highest BCUT2D eigenvalue weighted by atomic mass is 16.1. The van der Waals surface area contributed by atoms with Crippen LogP contribution in [0.2, 0.25) is 0 Å². The number of pyridine rings is 1. The minimum atomic E-state index is -0.266. The zero-order chi connectivity index (χ0) is 27.4. The van der Waals surface area contributed by atoms with Gasteiger partial charge in [0.1, 0.15) is 0 Å². The fraction of sp³-hybridized carbons (Fsp3) is 0.567. The van der Waals surface area contributed by atoms with Crippen LogP contribution in [-0.2, 0) is 6.54 Å². The summed E-state index contributed by atoms with van der Waals surface area (Å²) in [4.78, 5) is 33.9. The van der Waals surface area contributed by atoms with Gasteiger partial charge in [-0.05, 0) is 76.4 Å². The molecule has 2 saturated heterocycles. The Morgan fingerprint density at radius 2 is 1.77 bits per heavy atom. The van der Waals surface area contributed by atoms with E-state index in [1.54, 1.807) is 0 Å². The molecule has 0 spiro atoms. The zero-order valence-electron chi connectivity index (χ0n) is 23.4. The minimum absolute atomic E-state index is 0.141. The number of hydrogen-bond acceptors (Lipinski definition) is 7. The predicted molar refractivity (Wildman–Crippen MR) is 158 cm³/mol. The summed E-state index contributed by atoms with van der Waals surface area (Å²) < 4.78 is 0. The van der Waals surface area contributed by atoms with Gasteiger partial charge in [0, 0.05) is 79.2 Å². The number of aromatic nitrogens is 1. The third-order valence-electron chi connectivity index (χ3n) is 8.69. The molecule has 0 radical (unpaired) electrons. The highest BCUT2D eigenvalue weighted by Crippen LogP contribution is 2.31. The van der Waals surface area contributed by atoms with Gasteiger partial charge in [0.25, 0.3) is 11.5 Å². The Morgan fingerprint density at radius 3 is 2.44 bits per heavy atom. The minimum Gasteiger partial charge on any atom is -0.382 e. The molecule has 1 amide bonds. The molecule has 3 fully saturated rings. The van der Waals surface area contributed by atoms with Crippen molar-refractivity contribution in [3.8, 4) is 0 Å². The maximum atomic E-state index is 13.6. The number of aryl methyl sites for hydroxylation is 2. The summed E-state index contributed by atoms with van der Waals surface area (Å²) in [5.74, 6) is -0.266. The van der Waals surface area contributed by atoms with Crippen LogP contribution in [0.15, 0.2) is 23.0 Å². The van der Waals surface area contributed by atoms with Crippen LogP contribution < -0.4 is 26.4 Å². The van der Waals surface area contributed by atoms with E-state index in [2.05, 4.69) is 36.8 Å². The van der Waals surface area contributed by atoms with Crippen LogP contribution in [0.1, 0.15) is 71.3 Å². The zero-order valence-corrected chi connectivity index (χ0v) is 23.4. The normalized spacial score (nSPS) is 19.3. The summed E-state index contributed by atoms with van der Waals surface area (Å²) >= 11 is 0. The molecule has 1 aliphatic carbocycles. The van der Waals surface area contributed by atoms with Crippen molar-refractivity contribution in [1.82, 2.24) is 20.5 Å². The molecule has 2 aromatic rings. The van der Waals surface area contributed by atoms with Gasteiger partial charge in [0.15, 0.2) is 0 Å². The van der Waals surface area contributed by atoms with Crippen LogP contribution >= 0.6 is 0 Å². The van der Waals surface area contributed by atoms with E-state index in [0.29, 0.717) is 28.8 Å². The van der Waals surface area contributed by atoms with Crippen molar-refractivity contribution in [2.24, 2.45) is 0 Å². The van der Waals surface area contributed by atoms with Crippen LogP contribution in [0.5, 0.6) is 0 Å². The van der Waals surface area contributed by atoms with Crippen molar-refractivity contribution in [2.45, 2.75) is 71.0 Å². The summed E-state index contributed by atoms with van der Waals surface area (Å²) in [6, 6.07) is 7.00. The number of carbonyl (C=O) groups excluding carboxylic acids is 1. The average molecular weight is 534 g/mol. The lowest BCUT2D eigenvalue weighted by Gasteiger charge is -2.42. The van der Waals surface area contributed by atoms with Gasteiger partial charge in [-0.2, -0.15) is 0 Å². The number of benzene rings is 1. The molecule has 1 saturated carbocycles. The van der Waals surface area contributed by atoms with Crippen molar-refractivity contribution in [3.05, 3.63) is 56.5 Å². The number of piperazine rings is 1. The number of H-pyrrole nitrogens is 1. The van der Waals surface area contributed by atoms with E-state index >= 15 is 0 Å². The molecule has 1 aromatic heterocycles. The van der Waals surface area contributed by atoms with Crippen LogP contribution in [0, 0.1) is 19.3 Å². The summed E-state index contributed by atoms with van der Waals surface area (Å²) in [6.45, 7) is 9.92. The molecule has 5 rings (SSSR count). The van der Waals surface area contributed by atoms with Gasteiger partial charge in [-0.1, -0.05) is 12.8 Å². The number of carbonyl (C=O) groups is 1. The van der Waals surface area contributed by atoms with E-state index in [1.165, 1.54) is 31.9 Å². The summed E-state index contributed by atoms with van der Waals surface area (Å²) in [5.41, 5.74) is 4.98. The van der Waals surface area contributed by atoms with E-state index in [4.69, 9.17) is 5.41 Å². The number of piperidine rings is 1. The Kier molecular flexibility index (Phi) is 8.67. The number of nitrogens with one attached hydrogen (secondary N) is 5. The summed E-state index contributed by atoms with van der Waals surface area (Å²) in [6.07, 6.45) is 8.31. The van der Waals surface area contributed by atoms with E-state index in [-0.39, 0.29) is 18.0 Å². The molecule has 0 atom stereocenters. The van der Waals surface area contributed by atoms with Gasteiger partial charge in [0.05, 0.1) is 5.56 Å². The Balaban J connectivity index is 1.38. The topological polar surface area (TPSA) is 116 Å². The van der Waals surface area contributed by atoms with Crippen molar-refractivity contribution in [1.29, 1.82) is 5.41 Å². The molecule has 0 unspecified atom stereocenters. The second kappa shape index (κ2) is 12.3. The molecule has 5 N–H and O–H groups in total. The molecular formula is C30H43N7O2. The lowest BCUT2D eigenvalue weighted by atomic mass is 10.0. The molecule has 39 heavy (non-hydrogen) atoms. The predicted octanol–water partition coefficient (Wildman–Crippen LogP) is 3.15. The van der Waals surface area contributed by atoms with Gasteiger partial charge in [-0.3, -0.25) is 14.5 Å². The standard InChI is InChI=1S/C30H43N7O2/c1-20-15-21(2)34-30(39)27(20)19-33-29(38)25-16-24(17-28(26(25)18-31)35-22-5-3-4-6-22)37-13-11-36(12-14-37)23-7-9-32-10-8-23/h15-18,22-23,31-32,35H,3-14,19H2,1-2H3,(H,33,38)(H,34,39). The highest BCUT2D eigenvalue weighted by molar-refractivity contribution is 6.06. The number of aromatic amines is 1. The molecule has 9 nitrogen and oxygen atoms in total. The third kappa shape index (κ3) is 6.36. The van der Waals surface area contributed by atoms with E-state index in [9.17, 15) is 9.59 Å². The SMILES string of the molecule is Cc1cc(C)c(CNC(=O)c2cc(N3CCN(C4CCNCC4)CC3)cc(NC3CCCC3)c2C=N)c(=O)[nH]1. The smallest absolute Gasteiger partial charge is 0.253 e. The molecule has 1 aromatic carbocycles. The fourth-order valence-electron chi connectivity index (χ4n) is 6.46. The quantitative estimate of drug-likeness (QED) is 0.333. The first-order chi connectivity index (χ1) is 18.9. The van der Waals surface area contributed by atoms with Gasteiger partial charge in [-0.15, -0.1) is 0 Å². The van der Waals surface area contributed by atoms with Crippen LogP contribution in [-0.4, -0.2) is 73.4 Å². The van der Waals surface area contributed by atoms with Crippen molar-refractivity contribution >= 4 is 23.5 Å². The first-order valence-electron chi connectivity index (χ1n) is 14.6. The lowest BCUT2D eigenvalue weighted by molar-refractivity contribution is 0.0950. The van der Waals surface area contributed by atoms with Crippen molar-refractivity contribution < 1.29 is 4.79 Å². The van der Waals surface area contributed by atoms with Crippen LogP contribution in [0.25, 0.3) is 0 Å². The fourth-order valence-corrected chi connectivity index (χ4v) is 6.46. The molecule has 9 heteroatoms. The Morgan fingerprint density at radius 1 is 1.05 bits per heavy atom. The number of nitrogens with zero attached hydrogens (tertiary/aromatic N) is 2. The van der Waals surface area contributed by atoms with E-state index in [1.807, 2.05) is 26.0 Å². The summed E-state index contributed by atoms with van der Waals surface area (Å²) in [7, 11) is 0. The first kappa shape index (κ1) is 27.4. The number of amides is 1. The third-order valence-corrected chi connectivity index (χ3v) is 8.69. The van der Waals surface area contributed by atoms with Gasteiger partial charge in [0.2, 0.25) is 0 Å². The van der Waals surface area contributed by atoms with Crippen molar-refractivity contribution in [2.75, 3.05) is 49.5 Å². The maximum absolute atomic E-state index is 13.6. The highest BCUT2D eigenvalue weighted by Gasteiger charge is 2.27. The lowest BCUT2D eigenvalue weighted by Crippen LogP contribution is -2.52. The molecule has 210 valence electrons. The van der Waals surface area contributed by atoms with Gasteiger partial charge >= 0.3 is 0 Å². The number of anilines is 2. The molecule has 0 bridgehead atoms. The Bertz CT molecular complexity index is 1240. The largest absolute Gasteiger partial charge is 0.382 e. The van der Waals surface area contributed by atoms with E-state index in [0.717, 1.165) is 74.7 Å². The second-order valence-electron chi connectivity index (χ2n) is 11.4. The molecular weight excluding hydrogens is 490 g/mol. The molecule has 3 aliphatic rings. The van der Waals surface area contributed by atoms with Crippen LogP contribution in [0.3, 0.4) is 0 Å². The van der Waals surface area contributed by atoms with E-state index < -0.39 is 0 Å². The Labute approximate surface area is 231 Å². The molecule has 2 aliphatic heterocycles.